The smallest absolute Gasteiger partial charge is 0.257 e. The second-order valence-electron chi connectivity index (χ2n) is 8.88. The number of amides is 2. The lowest BCUT2D eigenvalue weighted by Crippen LogP contribution is -2.38. The first-order chi connectivity index (χ1) is 15.1. The molecule has 2 aliphatic carbocycles. The van der Waals surface area contributed by atoms with Crippen molar-refractivity contribution in [3.8, 4) is 5.88 Å². The predicted molar refractivity (Wildman–Crippen MR) is 114 cm³/mol. The van der Waals surface area contributed by atoms with Crippen molar-refractivity contribution in [3.05, 3.63) is 41.3 Å². The topological polar surface area (TPSA) is 89.3 Å². The summed E-state index contributed by atoms with van der Waals surface area (Å²) in [6.07, 6.45) is 12.0. The van der Waals surface area contributed by atoms with Crippen LogP contribution in [0.25, 0.3) is 0 Å². The number of hydrogen-bond acceptors (Lipinski definition) is 5. The zero-order chi connectivity index (χ0) is 21.4. The van der Waals surface area contributed by atoms with E-state index in [1.165, 1.54) is 7.11 Å². The van der Waals surface area contributed by atoms with E-state index in [0.717, 1.165) is 51.4 Å². The van der Waals surface area contributed by atoms with E-state index in [1.54, 1.807) is 12.3 Å². The maximum atomic E-state index is 13.1. The van der Waals surface area contributed by atoms with E-state index < -0.39 is 0 Å². The van der Waals surface area contributed by atoms with Gasteiger partial charge >= 0.3 is 0 Å². The molecule has 2 fully saturated rings. The molecule has 3 heterocycles. The summed E-state index contributed by atoms with van der Waals surface area (Å²) in [6, 6.07) is 4.40. The Morgan fingerprint density at radius 3 is 2.58 bits per heavy atom. The van der Waals surface area contributed by atoms with Crippen LogP contribution in [-0.2, 0) is 6.54 Å². The van der Waals surface area contributed by atoms with Gasteiger partial charge in [0.25, 0.3) is 11.8 Å². The van der Waals surface area contributed by atoms with E-state index in [4.69, 9.17) is 4.74 Å². The summed E-state index contributed by atoms with van der Waals surface area (Å²) >= 11 is 0. The summed E-state index contributed by atoms with van der Waals surface area (Å²) in [4.78, 5) is 32.5. The molecule has 8 heteroatoms. The van der Waals surface area contributed by atoms with Crippen LogP contribution in [0.15, 0.2) is 24.5 Å². The summed E-state index contributed by atoms with van der Waals surface area (Å²) in [5.41, 5.74) is 1.60. The van der Waals surface area contributed by atoms with Gasteiger partial charge in [-0.1, -0.05) is 12.8 Å². The molecule has 8 nitrogen and oxygen atoms in total. The average Bonchev–Trinajstić information content (AvgIpc) is 3.55. The fourth-order valence-corrected chi connectivity index (χ4v) is 5.30. The van der Waals surface area contributed by atoms with Crippen molar-refractivity contribution in [3.63, 3.8) is 0 Å². The van der Waals surface area contributed by atoms with Crippen LogP contribution in [0.5, 0.6) is 5.88 Å². The molecule has 3 aliphatic rings. The van der Waals surface area contributed by atoms with Gasteiger partial charge in [-0.3, -0.25) is 14.3 Å². The Hall–Kier alpha value is -2.90. The molecular formula is C23H29N5O3. The van der Waals surface area contributed by atoms with E-state index in [9.17, 15) is 9.59 Å². The summed E-state index contributed by atoms with van der Waals surface area (Å²) in [7, 11) is 1.52. The molecular weight excluding hydrogens is 394 g/mol. The highest BCUT2D eigenvalue weighted by atomic mass is 16.5. The Morgan fingerprint density at radius 1 is 1.13 bits per heavy atom. The first kappa shape index (κ1) is 20.0. The van der Waals surface area contributed by atoms with E-state index in [1.807, 2.05) is 21.8 Å². The highest BCUT2D eigenvalue weighted by Gasteiger charge is 2.37. The summed E-state index contributed by atoms with van der Waals surface area (Å²) in [5, 5.41) is 7.47. The maximum Gasteiger partial charge on any atom is 0.257 e. The van der Waals surface area contributed by atoms with E-state index in [-0.39, 0.29) is 23.9 Å². The molecule has 1 N–H and O–H groups in total. The van der Waals surface area contributed by atoms with Crippen molar-refractivity contribution in [2.75, 3.05) is 7.11 Å². The third-order valence-corrected chi connectivity index (χ3v) is 7.01. The van der Waals surface area contributed by atoms with Crippen LogP contribution in [0.4, 0.5) is 0 Å². The minimum Gasteiger partial charge on any atom is -0.480 e. The van der Waals surface area contributed by atoms with Crippen molar-refractivity contribution in [1.82, 2.24) is 25.0 Å². The van der Waals surface area contributed by atoms with E-state index >= 15 is 0 Å². The third-order valence-electron chi connectivity index (χ3n) is 7.01. The van der Waals surface area contributed by atoms with Crippen molar-refractivity contribution in [1.29, 1.82) is 0 Å². The zero-order valence-electron chi connectivity index (χ0n) is 17.9. The molecule has 164 valence electrons. The number of carbonyl (C=O) groups is 2. The minimum absolute atomic E-state index is 0.00849. The van der Waals surface area contributed by atoms with Crippen molar-refractivity contribution >= 4 is 11.8 Å². The molecule has 0 bridgehead atoms. The SMILES string of the molecule is COc1nc2c(cc1C(=O)NC1CCC(n3cccn3)CC1)C(=O)N(C1CCCC1)C2. The molecule has 2 saturated carbocycles. The Labute approximate surface area is 182 Å². The molecule has 0 unspecified atom stereocenters. The monoisotopic (exact) mass is 423 g/mol. The van der Waals surface area contributed by atoms with Crippen LogP contribution in [0.3, 0.4) is 0 Å². The lowest BCUT2D eigenvalue weighted by molar-refractivity contribution is 0.0706. The van der Waals surface area contributed by atoms with Gasteiger partial charge in [0.05, 0.1) is 31.0 Å². The van der Waals surface area contributed by atoms with Crippen LogP contribution in [0.2, 0.25) is 0 Å². The molecule has 2 aromatic rings. The average molecular weight is 424 g/mol. The second kappa shape index (κ2) is 8.32. The van der Waals surface area contributed by atoms with Crippen LogP contribution >= 0.6 is 0 Å². The van der Waals surface area contributed by atoms with Crippen LogP contribution in [0, 0.1) is 0 Å². The van der Waals surface area contributed by atoms with Gasteiger partial charge in [0, 0.05) is 24.5 Å². The highest BCUT2D eigenvalue weighted by molar-refractivity contribution is 6.03. The standard InChI is InChI=1S/C23H29N5O3/c1-31-22-19(13-18-20(26-22)14-27(23(18)30)16-5-2-3-6-16)21(29)25-15-7-9-17(10-8-15)28-12-4-11-24-28/h4,11-13,15-17H,2-3,5-10,14H2,1H3,(H,25,29). The molecule has 2 aromatic heterocycles. The van der Waals surface area contributed by atoms with Gasteiger partial charge in [0.1, 0.15) is 5.56 Å². The minimum atomic E-state index is -0.221. The largest absolute Gasteiger partial charge is 0.480 e. The van der Waals surface area contributed by atoms with Gasteiger partial charge < -0.3 is 15.0 Å². The lowest BCUT2D eigenvalue weighted by Gasteiger charge is -2.29. The summed E-state index contributed by atoms with van der Waals surface area (Å²) < 4.78 is 7.44. The Balaban J connectivity index is 1.28. The number of fused-ring (bicyclic) bond motifs is 1. The number of hydrogen-bond donors (Lipinski definition) is 1. The van der Waals surface area contributed by atoms with Gasteiger partial charge in [-0.05, 0) is 50.7 Å². The number of rotatable bonds is 5. The van der Waals surface area contributed by atoms with E-state index in [2.05, 4.69) is 15.4 Å². The normalized spacial score (nSPS) is 23.8. The van der Waals surface area contributed by atoms with Gasteiger partial charge in [-0.25, -0.2) is 4.98 Å². The van der Waals surface area contributed by atoms with Crippen molar-refractivity contribution in [2.24, 2.45) is 0 Å². The molecule has 0 spiro atoms. The van der Waals surface area contributed by atoms with Crippen molar-refractivity contribution in [2.45, 2.75) is 76.0 Å². The number of ether oxygens (including phenoxy) is 1. The van der Waals surface area contributed by atoms with Crippen LogP contribution in [0.1, 0.15) is 83.8 Å². The third kappa shape index (κ3) is 3.79. The zero-order valence-corrected chi connectivity index (χ0v) is 17.9. The van der Waals surface area contributed by atoms with Crippen LogP contribution < -0.4 is 10.1 Å². The van der Waals surface area contributed by atoms with E-state index in [0.29, 0.717) is 35.3 Å². The summed E-state index contributed by atoms with van der Waals surface area (Å²) in [5.74, 6) is 0.0650. The quantitative estimate of drug-likeness (QED) is 0.798. The molecule has 0 atom stereocenters. The number of nitrogens with zero attached hydrogens (tertiary/aromatic N) is 4. The number of methoxy groups -OCH3 is 1. The molecule has 0 aromatic carbocycles. The Bertz CT molecular complexity index is 960. The van der Waals surface area contributed by atoms with Gasteiger partial charge in [-0.15, -0.1) is 0 Å². The molecule has 2 amide bonds. The predicted octanol–water partition coefficient (Wildman–Crippen LogP) is 3.10. The van der Waals surface area contributed by atoms with Gasteiger partial charge in [0.15, 0.2) is 0 Å². The fourth-order valence-electron chi connectivity index (χ4n) is 5.30. The number of aromatic nitrogens is 3. The van der Waals surface area contributed by atoms with Gasteiger partial charge in [0.2, 0.25) is 5.88 Å². The highest BCUT2D eigenvalue weighted by Crippen LogP contribution is 2.33. The van der Waals surface area contributed by atoms with Crippen molar-refractivity contribution < 1.29 is 14.3 Å². The number of carbonyl (C=O) groups excluding carboxylic acids is 2. The maximum absolute atomic E-state index is 13.1. The Kier molecular flexibility index (Phi) is 5.38. The summed E-state index contributed by atoms with van der Waals surface area (Å²) in [6.45, 7) is 0.508. The first-order valence-electron chi connectivity index (χ1n) is 11.3. The molecule has 0 saturated heterocycles. The molecule has 0 radical (unpaired) electrons. The van der Waals surface area contributed by atoms with Crippen LogP contribution in [-0.4, -0.2) is 50.7 Å². The molecule has 5 rings (SSSR count). The first-order valence-corrected chi connectivity index (χ1v) is 11.3. The second-order valence-corrected chi connectivity index (χ2v) is 8.88. The number of nitrogens with one attached hydrogen (secondary N) is 1. The lowest BCUT2D eigenvalue weighted by atomic mass is 9.91. The molecule has 1 aliphatic heterocycles. The Morgan fingerprint density at radius 2 is 1.90 bits per heavy atom. The molecule has 31 heavy (non-hydrogen) atoms. The van der Waals surface area contributed by atoms with Gasteiger partial charge in [-0.2, -0.15) is 5.10 Å². The number of pyridine rings is 1. The fraction of sp³-hybridized carbons (Fsp3) is 0.565.